The number of benzene rings is 2. The van der Waals surface area contributed by atoms with Gasteiger partial charge in [-0.3, -0.25) is 0 Å². The van der Waals surface area contributed by atoms with Gasteiger partial charge in [-0.1, -0.05) is 34.1 Å². The van der Waals surface area contributed by atoms with E-state index in [1.165, 1.54) is 27.3 Å². The van der Waals surface area contributed by atoms with E-state index in [2.05, 4.69) is 71.5 Å². The molecule has 2 aromatic carbocycles. The van der Waals surface area contributed by atoms with Crippen molar-refractivity contribution in [2.24, 2.45) is 0 Å². The summed E-state index contributed by atoms with van der Waals surface area (Å²) in [7, 11) is 0. The van der Waals surface area contributed by atoms with E-state index in [1.54, 1.807) is 0 Å². The fourth-order valence-electron chi connectivity index (χ4n) is 2.59. The van der Waals surface area contributed by atoms with E-state index < -0.39 is 0 Å². The number of aryl methyl sites for hydroxylation is 2. The van der Waals surface area contributed by atoms with E-state index >= 15 is 0 Å². The van der Waals surface area contributed by atoms with E-state index in [0.717, 1.165) is 10.2 Å². The Morgan fingerprint density at radius 2 is 1.84 bits per heavy atom. The highest BCUT2D eigenvalue weighted by Crippen LogP contribution is 2.40. The minimum absolute atomic E-state index is 0.416. The Morgan fingerprint density at radius 1 is 1.16 bits per heavy atom. The molecule has 0 aromatic heterocycles. The van der Waals surface area contributed by atoms with Crippen molar-refractivity contribution >= 4 is 33.4 Å². The van der Waals surface area contributed by atoms with Gasteiger partial charge in [-0.05, 0) is 48.7 Å². The summed E-state index contributed by atoms with van der Waals surface area (Å²) in [4.78, 5) is 1.41. The van der Waals surface area contributed by atoms with E-state index in [9.17, 15) is 0 Å². The van der Waals surface area contributed by atoms with Crippen LogP contribution < -0.4 is 5.32 Å². The Bertz CT molecular complexity index is 601. The highest BCUT2D eigenvalue weighted by atomic mass is 79.9. The summed E-state index contributed by atoms with van der Waals surface area (Å²) in [6, 6.07) is 13.4. The number of hydrogen-bond donors (Lipinski definition) is 1. The van der Waals surface area contributed by atoms with Crippen LogP contribution in [0.5, 0.6) is 0 Å². The Morgan fingerprint density at radius 3 is 2.58 bits per heavy atom. The van der Waals surface area contributed by atoms with Crippen molar-refractivity contribution in [2.45, 2.75) is 24.8 Å². The Labute approximate surface area is 126 Å². The molecule has 0 spiro atoms. The molecule has 1 heterocycles. The summed E-state index contributed by atoms with van der Waals surface area (Å²) in [6.45, 7) is 4.32. The van der Waals surface area contributed by atoms with E-state index in [4.69, 9.17) is 0 Å². The molecule has 0 bridgehead atoms. The maximum Gasteiger partial charge on any atom is 0.0618 e. The molecule has 1 aliphatic rings. The van der Waals surface area contributed by atoms with Crippen molar-refractivity contribution in [1.82, 2.24) is 0 Å². The first-order valence-corrected chi connectivity index (χ1v) is 8.18. The number of thioether (sulfide) groups is 1. The highest BCUT2D eigenvalue weighted by Gasteiger charge is 2.23. The maximum absolute atomic E-state index is 3.72. The lowest BCUT2D eigenvalue weighted by Gasteiger charge is -2.19. The van der Waals surface area contributed by atoms with Crippen LogP contribution in [0, 0.1) is 13.8 Å². The molecule has 0 aliphatic carbocycles. The highest BCUT2D eigenvalue weighted by molar-refractivity contribution is 9.10. The zero-order valence-corrected chi connectivity index (χ0v) is 13.4. The van der Waals surface area contributed by atoms with Gasteiger partial charge in [0.1, 0.15) is 0 Å². The predicted molar refractivity (Wildman–Crippen MR) is 87.1 cm³/mol. The van der Waals surface area contributed by atoms with Crippen molar-refractivity contribution in [1.29, 1.82) is 0 Å². The lowest BCUT2D eigenvalue weighted by Crippen LogP contribution is -2.11. The van der Waals surface area contributed by atoms with Gasteiger partial charge in [0.25, 0.3) is 0 Å². The molecule has 1 N–H and O–H groups in total. The molecule has 1 nitrogen and oxygen atoms in total. The van der Waals surface area contributed by atoms with Gasteiger partial charge in [-0.25, -0.2) is 0 Å². The molecule has 2 aromatic rings. The molecule has 98 valence electrons. The molecule has 19 heavy (non-hydrogen) atoms. The largest absolute Gasteiger partial charge is 0.377 e. The van der Waals surface area contributed by atoms with Crippen LogP contribution in [0.3, 0.4) is 0 Å². The van der Waals surface area contributed by atoms with Gasteiger partial charge in [-0.2, -0.15) is 0 Å². The molecule has 0 amide bonds. The van der Waals surface area contributed by atoms with Crippen LogP contribution in [0.15, 0.2) is 45.8 Å². The second kappa shape index (κ2) is 5.22. The average molecular weight is 334 g/mol. The third-order valence-corrected chi connectivity index (χ3v) is 5.16. The maximum atomic E-state index is 3.72. The van der Waals surface area contributed by atoms with E-state index in [1.807, 2.05) is 11.8 Å². The fraction of sp³-hybridized carbons (Fsp3) is 0.250. The van der Waals surface area contributed by atoms with Crippen LogP contribution in [0.1, 0.15) is 22.7 Å². The Balaban J connectivity index is 1.92. The monoisotopic (exact) mass is 333 g/mol. The first kappa shape index (κ1) is 13.1. The number of rotatable bonds is 2. The number of hydrogen-bond acceptors (Lipinski definition) is 2. The van der Waals surface area contributed by atoms with Crippen LogP contribution >= 0.6 is 27.7 Å². The summed E-state index contributed by atoms with van der Waals surface area (Å²) in [5.41, 5.74) is 5.28. The SMILES string of the molecule is Cc1cc(Br)cc(C)c1NC1CSc2ccccc21. The predicted octanol–water partition coefficient (Wildman–Crippen LogP) is 5.32. The number of fused-ring (bicyclic) bond motifs is 1. The molecule has 0 saturated carbocycles. The molecule has 0 fully saturated rings. The number of nitrogens with one attached hydrogen (secondary N) is 1. The van der Waals surface area contributed by atoms with Gasteiger partial charge >= 0.3 is 0 Å². The van der Waals surface area contributed by atoms with Crippen molar-refractivity contribution in [3.63, 3.8) is 0 Å². The third-order valence-electron chi connectivity index (χ3n) is 3.52. The summed E-state index contributed by atoms with van der Waals surface area (Å²) in [5.74, 6) is 1.11. The molecule has 1 atom stereocenters. The zero-order valence-electron chi connectivity index (χ0n) is 11.0. The normalized spacial score (nSPS) is 17.3. The first-order chi connectivity index (χ1) is 9.15. The van der Waals surface area contributed by atoms with Crippen LogP contribution in [0.25, 0.3) is 0 Å². The fourth-order valence-corrected chi connectivity index (χ4v) is 4.44. The van der Waals surface area contributed by atoms with Crippen LogP contribution in [0.4, 0.5) is 5.69 Å². The van der Waals surface area contributed by atoms with Gasteiger partial charge in [0.05, 0.1) is 6.04 Å². The van der Waals surface area contributed by atoms with E-state index in [0.29, 0.717) is 6.04 Å². The van der Waals surface area contributed by atoms with Crippen molar-refractivity contribution in [2.75, 3.05) is 11.1 Å². The zero-order chi connectivity index (χ0) is 13.4. The Hall–Kier alpha value is -0.930. The standard InChI is InChI=1S/C16H16BrNS/c1-10-7-12(17)8-11(2)16(10)18-14-9-19-15-6-4-3-5-13(14)15/h3-8,14,18H,9H2,1-2H3. The van der Waals surface area contributed by atoms with Crippen LogP contribution in [0.2, 0.25) is 0 Å². The van der Waals surface area contributed by atoms with Crippen molar-refractivity contribution in [3.8, 4) is 0 Å². The second-order valence-electron chi connectivity index (χ2n) is 4.96. The number of halogens is 1. The Kier molecular flexibility index (Phi) is 3.59. The van der Waals surface area contributed by atoms with E-state index in [-0.39, 0.29) is 0 Å². The molecular weight excluding hydrogens is 318 g/mol. The molecule has 0 saturated heterocycles. The lowest BCUT2D eigenvalue weighted by atomic mass is 10.1. The topological polar surface area (TPSA) is 12.0 Å². The summed E-state index contributed by atoms with van der Waals surface area (Å²) in [6.07, 6.45) is 0. The average Bonchev–Trinajstić information content (AvgIpc) is 2.77. The third kappa shape index (κ3) is 2.54. The summed E-state index contributed by atoms with van der Waals surface area (Å²) < 4.78 is 1.15. The summed E-state index contributed by atoms with van der Waals surface area (Å²) in [5, 5.41) is 3.72. The second-order valence-corrected chi connectivity index (χ2v) is 6.94. The van der Waals surface area contributed by atoms with Gasteiger partial charge in [0, 0.05) is 20.8 Å². The molecular formula is C16H16BrNS. The van der Waals surface area contributed by atoms with Gasteiger partial charge < -0.3 is 5.32 Å². The molecule has 1 unspecified atom stereocenters. The molecule has 0 radical (unpaired) electrons. The first-order valence-electron chi connectivity index (χ1n) is 6.40. The van der Waals surface area contributed by atoms with Gasteiger partial charge in [-0.15, -0.1) is 11.8 Å². The number of anilines is 1. The van der Waals surface area contributed by atoms with Gasteiger partial charge in [0.2, 0.25) is 0 Å². The van der Waals surface area contributed by atoms with Crippen molar-refractivity contribution in [3.05, 3.63) is 57.6 Å². The smallest absolute Gasteiger partial charge is 0.0618 e. The minimum atomic E-state index is 0.416. The quantitative estimate of drug-likeness (QED) is 0.797. The van der Waals surface area contributed by atoms with Crippen LogP contribution in [-0.4, -0.2) is 5.75 Å². The van der Waals surface area contributed by atoms with Crippen LogP contribution in [-0.2, 0) is 0 Å². The molecule has 3 heteroatoms. The molecule has 1 aliphatic heterocycles. The minimum Gasteiger partial charge on any atom is -0.377 e. The molecule has 3 rings (SSSR count). The van der Waals surface area contributed by atoms with Gasteiger partial charge in [0.15, 0.2) is 0 Å². The van der Waals surface area contributed by atoms with Crippen molar-refractivity contribution < 1.29 is 0 Å². The summed E-state index contributed by atoms with van der Waals surface area (Å²) >= 11 is 5.49. The lowest BCUT2D eigenvalue weighted by molar-refractivity contribution is 0.895.